The number of carbonyl (C=O) groups excluding carboxylic acids is 2. The molecule has 1 aliphatic heterocycles. The third kappa shape index (κ3) is 2.12. The predicted octanol–water partition coefficient (Wildman–Crippen LogP) is 2.54. The monoisotopic (exact) mass is 237 g/mol. The van der Waals surface area contributed by atoms with Crippen LogP contribution in [0.2, 0.25) is 0 Å². The summed E-state index contributed by atoms with van der Waals surface area (Å²) in [7, 11) is 0. The lowest BCUT2D eigenvalue weighted by molar-refractivity contribution is -0.148. The highest BCUT2D eigenvalue weighted by Gasteiger charge is 2.57. The molecule has 1 saturated heterocycles. The van der Waals surface area contributed by atoms with Crippen molar-refractivity contribution in [3.8, 4) is 0 Å². The molecule has 17 heavy (non-hydrogen) atoms. The molecular formula is C14H23NO2. The first kappa shape index (κ1) is 12.6. The van der Waals surface area contributed by atoms with E-state index in [0.717, 1.165) is 38.5 Å². The number of carbonyl (C=O) groups is 2. The van der Waals surface area contributed by atoms with Crippen LogP contribution in [0.25, 0.3) is 0 Å². The van der Waals surface area contributed by atoms with Gasteiger partial charge in [0.05, 0.1) is 0 Å². The molecule has 1 spiro atoms. The molecule has 1 unspecified atom stereocenters. The molecular weight excluding hydrogens is 214 g/mol. The summed E-state index contributed by atoms with van der Waals surface area (Å²) in [6.07, 6.45) is 6.52. The first-order chi connectivity index (χ1) is 8.02. The van der Waals surface area contributed by atoms with E-state index in [9.17, 15) is 9.59 Å². The molecule has 0 aromatic rings. The molecule has 2 fully saturated rings. The van der Waals surface area contributed by atoms with Crippen LogP contribution in [0.3, 0.4) is 0 Å². The summed E-state index contributed by atoms with van der Waals surface area (Å²) in [6.45, 7) is 5.76. The highest BCUT2D eigenvalue weighted by molar-refractivity contribution is 6.37. The third-order valence-electron chi connectivity index (χ3n) is 4.22. The Bertz CT molecular complexity index is 331. The molecule has 0 N–H and O–H groups in total. The minimum absolute atomic E-state index is 0.0848. The molecule has 1 amide bonds. The van der Waals surface area contributed by atoms with Crippen molar-refractivity contribution in [2.75, 3.05) is 0 Å². The maximum Gasteiger partial charge on any atom is 0.290 e. The van der Waals surface area contributed by atoms with Gasteiger partial charge in [0.25, 0.3) is 5.91 Å². The fraction of sp³-hybridized carbons (Fsp3) is 0.857. The normalized spacial score (nSPS) is 25.6. The van der Waals surface area contributed by atoms with Crippen LogP contribution in [-0.4, -0.2) is 28.2 Å². The lowest BCUT2D eigenvalue weighted by Gasteiger charge is -2.30. The van der Waals surface area contributed by atoms with Gasteiger partial charge in [0.15, 0.2) is 0 Å². The van der Waals surface area contributed by atoms with E-state index in [1.807, 2.05) is 18.7 Å². The van der Waals surface area contributed by atoms with Crippen LogP contribution in [0.4, 0.5) is 0 Å². The van der Waals surface area contributed by atoms with Crippen LogP contribution in [0.15, 0.2) is 0 Å². The Morgan fingerprint density at radius 2 is 1.94 bits per heavy atom. The molecule has 0 aromatic heterocycles. The van der Waals surface area contributed by atoms with Crippen molar-refractivity contribution in [2.24, 2.45) is 5.92 Å². The fourth-order valence-electron chi connectivity index (χ4n) is 3.06. The number of nitrogens with zero attached hydrogens (tertiary/aromatic N) is 1. The number of rotatable bonds is 4. The van der Waals surface area contributed by atoms with Crippen molar-refractivity contribution in [3.63, 3.8) is 0 Å². The molecule has 0 aromatic carbocycles. The molecule has 0 radical (unpaired) electrons. The average Bonchev–Trinajstić information content (AvgIpc) is 2.96. The second-order valence-electron chi connectivity index (χ2n) is 5.90. The summed E-state index contributed by atoms with van der Waals surface area (Å²) >= 11 is 0. The highest BCUT2D eigenvalue weighted by atomic mass is 16.2. The number of hydrogen-bond donors (Lipinski definition) is 0. The number of likely N-dealkylation sites (tertiary alicyclic amines) is 1. The minimum atomic E-state index is -0.214. The number of Topliss-reactive ketones (excluding diaryl/α,β-unsaturated/α-hetero) is 1. The van der Waals surface area contributed by atoms with Gasteiger partial charge in [0, 0.05) is 17.5 Å². The zero-order chi connectivity index (χ0) is 12.6. The van der Waals surface area contributed by atoms with Gasteiger partial charge in [0.2, 0.25) is 5.78 Å². The molecule has 3 nitrogen and oxygen atoms in total. The van der Waals surface area contributed by atoms with Gasteiger partial charge >= 0.3 is 0 Å². The van der Waals surface area contributed by atoms with Gasteiger partial charge in [-0.3, -0.25) is 9.59 Å². The van der Waals surface area contributed by atoms with E-state index in [4.69, 9.17) is 0 Å². The van der Waals surface area contributed by atoms with Crippen LogP contribution in [0, 0.1) is 5.92 Å². The maximum atomic E-state index is 12.3. The first-order valence-corrected chi connectivity index (χ1v) is 6.89. The molecule has 1 atom stereocenters. The van der Waals surface area contributed by atoms with Crippen LogP contribution in [0.5, 0.6) is 0 Å². The smallest absolute Gasteiger partial charge is 0.290 e. The Labute approximate surface area is 104 Å². The second kappa shape index (κ2) is 4.43. The lowest BCUT2D eigenvalue weighted by Crippen LogP contribution is -2.47. The molecule has 1 heterocycles. The molecule has 3 heteroatoms. The quantitative estimate of drug-likeness (QED) is 0.705. The van der Waals surface area contributed by atoms with Gasteiger partial charge < -0.3 is 4.90 Å². The predicted molar refractivity (Wildman–Crippen MR) is 66.6 cm³/mol. The number of amides is 1. The Morgan fingerprint density at radius 3 is 2.41 bits per heavy atom. The van der Waals surface area contributed by atoms with E-state index in [-0.39, 0.29) is 23.1 Å². The lowest BCUT2D eigenvalue weighted by atomic mass is 10.1. The van der Waals surface area contributed by atoms with E-state index in [1.54, 1.807) is 0 Å². The van der Waals surface area contributed by atoms with Crippen molar-refractivity contribution < 1.29 is 9.59 Å². The van der Waals surface area contributed by atoms with Crippen LogP contribution in [-0.2, 0) is 9.59 Å². The van der Waals surface area contributed by atoms with Crippen molar-refractivity contribution in [3.05, 3.63) is 0 Å². The molecule has 96 valence electrons. The Hall–Kier alpha value is -0.860. The summed E-state index contributed by atoms with van der Waals surface area (Å²) in [4.78, 5) is 26.2. The van der Waals surface area contributed by atoms with Gasteiger partial charge in [0.1, 0.15) is 0 Å². The first-order valence-electron chi connectivity index (χ1n) is 6.89. The summed E-state index contributed by atoms with van der Waals surface area (Å²) in [6, 6.07) is 0.317. The van der Waals surface area contributed by atoms with E-state index in [2.05, 4.69) is 6.92 Å². The van der Waals surface area contributed by atoms with Crippen molar-refractivity contribution in [1.29, 1.82) is 0 Å². The number of ketones is 1. The summed E-state index contributed by atoms with van der Waals surface area (Å²) in [5, 5.41) is 0. The van der Waals surface area contributed by atoms with Crippen molar-refractivity contribution in [1.82, 2.24) is 4.90 Å². The molecule has 2 rings (SSSR count). The molecule has 1 aliphatic carbocycles. The molecule has 1 saturated carbocycles. The second-order valence-corrected chi connectivity index (χ2v) is 5.90. The van der Waals surface area contributed by atoms with Crippen LogP contribution in [0.1, 0.15) is 59.3 Å². The van der Waals surface area contributed by atoms with E-state index in [0.29, 0.717) is 6.04 Å². The van der Waals surface area contributed by atoms with Crippen LogP contribution >= 0.6 is 0 Å². The van der Waals surface area contributed by atoms with Gasteiger partial charge in [-0.25, -0.2) is 0 Å². The van der Waals surface area contributed by atoms with Gasteiger partial charge in [-0.1, -0.05) is 27.2 Å². The Morgan fingerprint density at radius 1 is 1.29 bits per heavy atom. The topological polar surface area (TPSA) is 37.4 Å². The van der Waals surface area contributed by atoms with E-state index >= 15 is 0 Å². The van der Waals surface area contributed by atoms with Gasteiger partial charge in [-0.2, -0.15) is 0 Å². The summed E-state index contributed by atoms with van der Waals surface area (Å²) in [5.41, 5.74) is 0.0848. The Balaban J connectivity index is 2.15. The highest BCUT2D eigenvalue weighted by Crippen LogP contribution is 2.52. The minimum Gasteiger partial charge on any atom is -0.327 e. The van der Waals surface area contributed by atoms with Crippen LogP contribution < -0.4 is 0 Å². The van der Waals surface area contributed by atoms with E-state index < -0.39 is 0 Å². The Kier molecular flexibility index (Phi) is 3.28. The number of hydrogen-bond acceptors (Lipinski definition) is 2. The fourth-order valence-corrected chi connectivity index (χ4v) is 3.06. The van der Waals surface area contributed by atoms with E-state index in [1.165, 1.54) is 0 Å². The molecule has 0 bridgehead atoms. The SMILES string of the molecule is CCCC1CCC2(CC2)N1C(=O)C(=O)C(C)C. The molecule has 2 aliphatic rings. The van der Waals surface area contributed by atoms with Gasteiger partial charge in [-0.15, -0.1) is 0 Å². The summed E-state index contributed by atoms with van der Waals surface area (Å²) in [5.74, 6) is -0.603. The van der Waals surface area contributed by atoms with Crippen molar-refractivity contribution >= 4 is 11.7 Å². The maximum absolute atomic E-state index is 12.3. The average molecular weight is 237 g/mol. The third-order valence-corrected chi connectivity index (χ3v) is 4.22. The zero-order valence-electron chi connectivity index (χ0n) is 11.2. The largest absolute Gasteiger partial charge is 0.327 e. The van der Waals surface area contributed by atoms with Crippen molar-refractivity contribution in [2.45, 2.75) is 70.9 Å². The van der Waals surface area contributed by atoms with Gasteiger partial charge in [-0.05, 0) is 32.1 Å². The zero-order valence-corrected chi connectivity index (χ0v) is 11.2. The summed E-state index contributed by atoms with van der Waals surface area (Å²) < 4.78 is 0. The standard InChI is InChI=1S/C14H23NO2/c1-4-5-11-6-7-14(8-9-14)15(11)13(17)12(16)10(2)3/h10-11H,4-9H2,1-3H3.